The van der Waals surface area contributed by atoms with E-state index in [2.05, 4.69) is 0 Å². The Balaban J connectivity index is 0. The maximum atomic E-state index is 11.0. The molecule has 2 rings (SSSR count). The summed E-state index contributed by atoms with van der Waals surface area (Å²) >= 11 is 5.79. The van der Waals surface area contributed by atoms with Crippen LogP contribution in [0.15, 0.2) is 24.3 Å². The van der Waals surface area contributed by atoms with Gasteiger partial charge in [-0.15, -0.1) is 0 Å². The van der Waals surface area contributed by atoms with Gasteiger partial charge in [-0.05, 0) is 37.5 Å². The van der Waals surface area contributed by atoms with Gasteiger partial charge in [0, 0.05) is 5.02 Å². The third-order valence-corrected chi connectivity index (χ3v) is 2.90. The molecule has 0 radical (unpaired) electrons. The summed E-state index contributed by atoms with van der Waals surface area (Å²) in [6, 6.07) is 6.81. The Hall–Kier alpha value is -0.703. The van der Waals surface area contributed by atoms with Crippen molar-refractivity contribution in [2.75, 3.05) is 0 Å². The van der Waals surface area contributed by atoms with E-state index >= 15 is 0 Å². The van der Waals surface area contributed by atoms with Gasteiger partial charge in [-0.3, -0.25) is 0 Å². The van der Waals surface area contributed by atoms with Crippen molar-refractivity contribution in [3.63, 3.8) is 0 Å². The first-order valence-electron chi connectivity index (χ1n) is 4.80. The summed E-state index contributed by atoms with van der Waals surface area (Å²) < 4.78 is 5.50. The van der Waals surface area contributed by atoms with E-state index in [9.17, 15) is 4.79 Å². The Morgan fingerprint density at radius 2 is 2.00 bits per heavy atom. The molecule has 0 saturated heterocycles. The van der Waals surface area contributed by atoms with E-state index in [4.69, 9.17) is 21.4 Å². The van der Waals surface area contributed by atoms with Crippen LogP contribution in [0, 0.1) is 0 Å². The molecule has 1 saturated carbocycles. The molecule has 18 heavy (non-hydrogen) atoms. The molecule has 0 aromatic heterocycles. The van der Waals surface area contributed by atoms with E-state index in [1.54, 1.807) is 24.3 Å². The topological polar surface area (TPSA) is 108 Å². The Bertz CT molecular complexity index is 395. The number of ether oxygens (including phenoxy) is 1. The minimum atomic E-state index is -1.02. The SMILES string of the molecule is O.O=C(O)C1(Oc2cccc(Cl)c2)CCC1.[Li+].[OH-]. The van der Waals surface area contributed by atoms with Crippen LogP contribution >= 0.6 is 11.6 Å². The fourth-order valence-corrected chi connectivity index (χ4v) is 1.79. The quantitative estimate of drug-likeness (QED) is 0.689. The van der Waals surface area contributed by atoms with Crippen molar-refractivity contribution in [3.05, 3.63) is 29.3 Å². The molecule has 96 valence electrons. The number of aliphatic carboxylic acids is 1. The second-order valence-corrected chi connectivity index (χ2v) is 4.15. The van der Waals surface area contributed by atoms with E-state index < -0.39 is 11.6 Å². The number of carboxylic acid groups (broad SMARTS) is 1. The molecule has 1 aliphatic rings. The van der Waals surface area contributed by atoms with Crippen molar-refractivity contribution in [1.82, 2.24) is 0 Å². The van der Waals surface area contributed by atoms with Crippen LogP contribution in [-0.2, 0) is 4.79 Å². The van der Waals surface area contributed by atoms with E-state index in [0.717, 1.165) is 6.42 Å². The molecule has 0 heterocycles. The van der Waals surface area contributed by atoms with Crippen molar-refractivity contribution in [3.8, 4) is 5.75 Å². The number of benzene rings is 1. The number of rotatable bonds is 3. The van der Waals surface area contributed by atoms with Gasteiger partial charge in [0.1, 0.15) is 5.75 Å². The molecule has 1 fully saturated rings. The first-order valence-corrected chi connectivity index (χ1v) is 5.18. The Morgan fingerprint density at radius 1 is 1.39 bits per heavy atom. The van der Waals surface area contributed by atoms with Gasteiger partial charge in [0.25, 0.3) is 0 Å². The van der Waals surface area contributed by atoms with Crippen molar-refractivity contribution in [1.29, 1.82) is 0 Å². The maximum Gasteiger partial charge on any atom is 1.00 e. The second kappa shape index (κ2) is 7.67. The van der Waals surface area contributed by atoms with E-state index in [1.807, 2.05) is 0 Å². The monoisotopic (exact) mass is 268 g/mol. The van der Waals surface area contributed by atoms with Gasteiger partial charge in [-0.2, -0.15) is 0 Å². The van der Waals surface area contributed by atoms with Crippen LogP contribution in [-0.4, -0.2) is 27.6 Å². The summed E-state index contributed by atoms with van der Waals surface area (Å²) in [7, 11) is 0. The average Bonchev–Trinajstić information content (AvgIpc) is 2.11. The van der Waals surface area contributed by atoms with Gasteiger partial charge in [0.2, 0.25) is 5.60 Å². The number of carboxylic acids is 1. The summed E-state index contributed by atoms with van der Waals surface area (Å²) in [6.07, 6.45) is 2.02. The predicted octanol–water partition coefficient (Wildman–Crippen LogP) is -1.27. The fraction of sp³-hybridized carbons (Fsp3) is 0.364. The number of carbonyl (C=O) groups is 1. The zero-order chi connectivity index (χ0) is 10.9. The molecule has 0 atom stereocenters. The van der Waals surface area contributed by atoms with Crippen molar-refractivity contribution >= 4 is 17.6 Å². The third-order valence-electron chi connectivity index (χ3n) is 2.66. The minimum absolute atomic E-state index is 0. The first-order chi connectivity index (χ1) is 7.12. The van der Waals surface area contributed by atoms with Gasteiger partial charge in [0.15, 0.2) is 0 Å². The standard InChI is InChI=1S/C11H11ClO3.Li.2H2O/c12-8-3-1-4-9(7-8)15-11(10(13)14)5-2-6-11;;;/h1,3-4,7H,2,5-6H2,(H,13,14);;2*1H2/q;+1;;/p-1. The molecular formula is C11H14ClLiO5. The maximum absolute atomic E-state index is 11.0. The van der Waals surface area contributed by atoms with Crippen LogP contribution in [0.3, 0.4) is 0 Å². The normalized spacial score (nSPS) is 14.9. The molecule has 7 heteroatoms. The van der Waals surface area contributed by atoms with Gasteiger partial charge in [-0.25, -0.2) is 4.79 Å². The molecule has 0 bridgehead atoms. The Morgan fingerprint density at radius 3 is 2.39 bits per heavy atom. The molecule has 0 unspecified atom stereocenters. The fourth-order valence-electron chi connectivity index (χ4n) is 1.61. The molecule has 1 aliphatic carbocycles. The van der Waals surface area contributed by atoms with Crippen LogP contribution in [0.1, 0.15) is 19.3 Å². The summed E-state index contributed by atoms with van der Waals surface area (Å²) in [5.74, 6) is -0.377. The molecule has 0 aliphatic heterocycles. The van der Waals surface area contributed by atoms with E-state index in [-0.39, 0.29) is 29.8 Å². The van der Waals surface area contributed by atoms with Gasteiger partial charge >= 0.3 is 24.8 Å². The predicted molar refractivity (Wildman–Crippen MR) is 61.8 cm³/mol. The number of hydrogen-bond acceptors (Lipinski definition) is 3. The van der Waals surface area contributed by atoms with Crippen LogP contribution in [0.2, 0.25) is 5.02 Å². The van der Waals surface area contributed by atoms with E-state index in [0.29, 0.717) is 23.6 Å². The molecule has 5 nitrogen and oxygen atoms in total. The van der Waals surface area contributed by atoms with Crippen molar-refractivity contribution in [2.45, 2.75) is 24.9 Å². The average molecular weight is 269 g/mol. The van der Waals surface area contributed by atoms with Crippen LogP contribution in [0.4, 0.5) is 0 Å². The van der Waals surface area contributed by atoms with Gasteiger partial charge in [0.05, 0.1) is 0 Å². The molecule has 4 N–H and O–H groups in total. The second-order valence-electron chi connectivity index (χ2n) is 3.71. The minimum Gasteiger partial charge on any atom is -0.870 e. The Kier molecular flexibility index (Phi) is 8.37. The summed E-state index contributed by atoms with van der Waals surface area (Å²) in [6.45, 7) is 0. The van der Waals surface area contributed by atoms with Crippen LogP contribution < -0.4 is 23.6 Å². The van der Waals surface area contributed by atoms with Crippen molar-refractivity contribution in [2.24, 2.45) is 0 Å². The largest absolute Gasteiger partial charge is 1.00 e. The van der Waals surface area contributed by atoms with Crippen LogP contribution in [0.5, 0.6) is 5.75 Å². The summed E-state index contributed by atoms with van der Waals surface area (Å²) in [4.78, 5) is 11.0. The molecular weight excluding hydrogens is 255 g/mol. The van der Waals surface area contributed by atoms with E-state index in [1.165, 1.54) is 0 Å². The Labute approximate surface area is 122 Å². The third kappa shape index (κ3) is 3.91. The zero-order valence-electron chi connectivity index (χ0n) is 10.0. The molecule has 1 aromatic rings. The number of hydrogen-bond donors (Lipinski definition) is 1. The summed E-state index contributed by atoms with van der Waals surface area (Å²) in [5.41, 5.74) is -1.02. The molecule has 0 amide bonds. The summed E-state index contributed by atoms with van der Waals surface area (Å²) in [5, 5.41) is 9.60. The van der Waals surface area contributed by atoms with Crippen molar-refractivity contribution < 1.29 is 44.5 Å². The molecule has 1 aromatic carbocycles. The van der Waals surface area contributed by atoms with Gasteiger partial charge < -0.3 is 20.8 Å². The molecule has 0 spiro atoms. The first kappa shape index (κ1) is 19.6. The van der Waals surface area contributed by atoms with Gasteiger partial charge in [-0.1, -0.05) is 17.7 Å². The van der Waals surface area contributed by atoms with Crippen LogP contribution in [0.25, 0.3) is 0 Å². The zero-order valence-corrected chi connectivity index (χ0v) is 10.8. The number of halogens is 1. The smallest absolute Gasteiger partial charge is 0.870 e.